The molecule has 2 nitrogen and oxygen atoms in total. The van der Waals surface area contributed by atoms with Crippen LogP contribution in [0.3, 0.4) is 0 Å². The van der Waals surface area contributed by atoms with Gasteiger partial charge in [0.1, 0.15) is 0 Å². The molecule has 4 heteroatoms. The molecule has 0 amide bonds. The van der Waals surface area contributed by atoms with Crippen LogP contribution in [0.4, 0.5) is 8.78 Å². The third kappa shape index (κ3) is 5.24. The van der Waals surface area contributed by atoms with E-state index < -0.39 is 17.7 Å². The zero-order chi connectivity index (χ0) is 12.7. The van der Waals surface area contributed by atoms with Crippen LogP contribution in [0.15, 0.2) is 18.2 Å². The Morgan fingerprint density at radius 2 is 2.00 bits per heavy atom. The van der Waals surface area contributed by atoms with E-state index in [1.54, 1.807) is 0 Å². The molecule has 0 aliphatic rings. The summed E-state index contributed by atoms with van der Waals surface area (Å²) in [5.41, 5.74) is 0.590. The number of aliphatic hydroxyl groups is 1. The molecule has 0 spiro atoms. The quantitative estimate of drug-likeness (QED) is 0.747. The van der Waals surface area contributed by atoms with Crippen LogP contribution in [-0.4, -0.2) is 24.4 Å². The molecule has 0 aliphatic heterocycles. The minimum Gasteiger partial charge on any atom is -0.393 e. The fraction of sp³-hybridized carbons (Fsp3) is 0.538. The highest BCUT2D eigenvalue weighted by atomic mass is 19.2. The maximum Gasteiger partial charge on any atom is 0.159 e. The minimum absolute atomic E-state index is 0.312. The third-order valence-electron chi connectivity index (χ3n) is 2.40. The van der Waals surface area contributed by atoms with E-state index in [1.165, 1.54) is 6.07 Å². The van der Waals surface area contributed by atoms with Gasteiger partial charge in [0, 0.05) is 13.2 Å². The van der Waals surface area contributed by atoms with Gasteiger partial charge in [0.15, 0.2) is 11.6 Å². The zero-order valence-corrected chi connectivity index (χ0v) is 9.96. The van der Waals surface area contributed by atoms with Gasteiger partial charge in [-0.2, -0.15) is 0 Å². The SMILES string of the molecule is CCCOCCC(O)Cc1ccc(F)c(F)c1. The van der Waals surface area contributed by atoms with Crippen molar-refractivity contribution in [2.24, 2.45) is 0 Å². The molecule has 1 rings (SSSR count). The Kier molecular flexibility index (Phi) is 6.08. The van der Waals surface area contributed by atoms with Gasteiger partial charge in [-0.15, -0.1) is 0 Å². The summed E-state index contributed by atoms with van der Waals surface area (Å²) in [6.07, 6.45) is 1.17. The average molecular weight is 244 g/mol. The van der Waals surface area contributed by atoms with E-state index in [9.17, 15) is 13.9 Å². The lowest BCUT2D eigenvalue weighted by Gasteiger charge is -2.11. The number of rotatable bonds is 7. The Hall–Kier alpha value is -1.00. The van der Waals surface area contributed by atoms with Crippen LogP contribution in [0, 0.1) is 11.6 Å². The Morgan fingerprint density at radius 3 is 2.65 bits per heavy atom. The van der Waals surface area contributed by atoms with Gasteiger partial charge in [-0.3, -0.25) is 0 Å². The van der Waals surface area contributed by atoms with Crippen molar-refractivity contribution in [3.8, 4) is 0 Å². The van der Waals surface area contributed by atoms with E-state index in [4.69, 9.17) is 4.74 Å². The van der Waals surface area contributed by atoms with E-state index >= 15 is 0 Å². The van der Waals surface area contributed by atoms with Crippen LogP contribution in [0.5, 0.6) is 0 Å². The maximum absolute atomic E-state index is 12.9. The lowest BCUT2D eigenvalue weighted by atomic mass is 10.1. The van der Waals surface area contributed by atoms with Crippen LogP contribution in [0.25, 0.3) is 0 Å². The highest BCUT2D eigenvalue weighted by Gasteiger charge is 2.08. The van der Waals surface area contributed by atoms with Gasteiger partial charge in [0.05, 0.1) is 6.10 Å². The maximum atomic E-state index is 12.9. The molecule has 0 fully saturated rings. The molecule has 96 valence electrons. The first-order valence-corrected chi connectivity index (χ1v) is 5.83. The van der Waals surface area contributed by atoms with Gasteiger partial charge >= 0.3 is 0 Å². The van der Waals surface area contributed by atoms with Crippen LogP contribution in [-0.2, 0) is 11.2 Å². The fourth-order valence-electron chi connectivity index (χ4n) is 1.51. The van der Waals surface area contributed by atoms with Crippen molar-refractivity contribution in [1.29, 1.82) is 0 Å². The number of halogens is 2. The summed E-state index contributed by atoms with van der Waals surface area (Å²) in [4.78, 5) is 0. The summed E-state index contributed by atoms with van der Waals surface area (Å²) in [5.74, 6) is -1.74. The largest absolute Gasteiger partial charge is 0.393 e. The van der Waals surface area contributed by atoms with Crippen molar-refractivity contribution in [1.82, 2.24) is 0 Å². The average Bonchev–Trinajstić information content (AvgIpc) is 2.30. The lowest BCUT2D eigenvalue weighted by molar-refractivity contribution is 0.0824. The summed E-state index contributed by atoms with van der Waals surface area (Å²) in [6.45, 7) is 3.17. The van der Waals surface area contributed by atoms with Gasteiger partial charge in [0.25, 0.3) is 0 Å². The molecule has 17 heavy (non-hydrogen) atoms. The Balaban J connectivity index is 2.34. The Labute approximate surface area is 100 Å². The summed E-state index contributed by atoms with van der Waals surface area (Å²) in [5, 5.41) is 9.67. The van der Waals surface area contributed by atoms with E-state index in [0.29, 0.717) is 31.6 Å². The smallest absolute Gasteiger partial charge is 0.159 e. The second-order valence-electron chi connectivity index (χ2n) is 4.01. The number of ether oxygens (including phenoxy) is 1. The predicted molar refractivity (Wildman–Crippen MR) is 61.8 cm³/mol. The zero-order valence-electron chi connectivity index (χ0n) is 9.96. The van der Waals surface area contributed by atoms with Gasteiger partial charge < -0.3 is 9.84 Å². The highest BCUT2D eigenvalue weighted by Crippen LogP contribution is 2.11. The molecule has 0 bridgehead atoms. The molecule has 0 saturated heterocycles. The molecule has 1 unspecified atom stereocenters. The normalized spacial score (nSPS) is 12.7. The molecular weight excluding hydrogens is 226 g/mol. The van der Waals surface area contributed by atoms with E-state index in [0.717, 1.165) is 18.6 Å². The molecule has 0 radical (unpaired) electrons. The molecule has 0 heterocycles. The van der Waals surface area contributed by atoms with Crippen LogP contribution in [0.2, 0.25) is 0 Å². The second kappa shape index (κ2) is 7.35. The van der Waals surface area contributed by atoms with E-state index in [1.807, 2.05) is 6.92 Å². The summed E-state index contributed by atoms with van der Waals surface area (Å²) in [7, 11) is 0. The summed E-state index contributed by atoms with van der Waals surface area (Å²) < 4.78 is 30.8. The predicted octanol–water partition coefficient (Wildman–Crippen LogP) is 2.68. The van der Waals surface area contributed by atoms with Crippen LogP contribution >= 0.6 is 0 Å². The molecular formula is C13H18F2O2. The lowest BCUT2D eigenvalue weighted by Crippen LogP contribution is -2.14. The number of benzene rings is 1. The van der Waals surface area contributed by atoms with Gasteiger partial charge in [-0.25, -0.2) is 8.78 Å². The molecule has 0 aromatic heterocycles. The standard InChI is InChI=1S/C13H18F2O2/c1-2-6-17-7-5-11(16)8-10-3-4-12(14)13(15)9-10/h3-4,9,11,16H,2,5-8H2,1H3. The van der Waals surface area contributed by atoms with Crippen molar-refractivity contribution < 1.29 is 18.6 Å². The molecule has 1 atom stereocenters. The first kappa shape index (κ1) is 14.1. The number of hydrogen-bond donors (Lipinski definition) is 1. The monoisotopic (exact) mass is 244 g/mol. The summed E-state index contributed by atoms with van der Waals surface area (Å²) in [6, 6.07) is 3.67. The number of aliphatic hydroxyl groups excluding tert-OH is 1. The van der Waals surface area contributed by atoms with Gasteiger partial charge in [-0.05, 0) is 37.0 Å². The fourth-order valence-corrected chi connectivity index (χ4v) is 1.51. The molecule has 1 aromatic rings. The van der Waals surface area contributed by atoms with E-state index in [2.05, 4.69) is 0 Å². The highest BCUT2D eigenvalue weighted by molar-refractivity contribution is 5.18. The van der Waals surface area contributed by atoms with Crippen molar-refractivity contribution in [3.05, 3.63) is 35.4 Å². The van der Waals surface area contributed by atoms with Crippen molar-refractivity contribution >= 4 is 0 Å². The first-order chi connectivity index (χ1) is 8.13. The van der Waals surface area contributed by atoms with E-state index in [-0.39, 0.29) is 0 Å². The molecule has 1 aromatic carbocycles. The third-order valence-corrected chi connectivity index (χ3v) is 2.40. The minimum atomic E-state index is -0.878. The molecule has 0 aliphatic carbocycles. The molecule has 0 saturated carbocycles. The molecule has 1 N–H and O–H groups in total. The van der Waals surface area contributed by atoms with Crippen molar-refractivity contribution in [2.45, 2.75) is 32.3 Å². The van der Waals surface area contributed by atoms with Crippen LogP contribution < -0.4 is 0 Å². The Bertz CT molecular complexity index is 342. The number of hydrogen-bond acceptors (Lipinski definition) is 2. The summed E-state index contributed by atoms with van der Waals surface area (Å²) >= 11 is 0. The van der Waals surface area contributed by atoms with Crippen molar-refractivity contribution in [3.63, 3.8) is 0 Å². The second-order valence-corrected chi connectivity index (χ2v) is 4.01. The topological polar surface area (TPSA) is 29.5 Å². The Morgan fingerprint density at radius 1 is 1.24 bits per heavy atom. The van der Waals surface area contributed by atoms with Gasteiger partial charge in [0.2, 0.25) is 0 Å². The van der Waals surface area contributed by atoms with Crippen LogP contribution in [0.1, 0.15) is 25.3 Å². The first-order valence-electron chi connectivity index (χ1n) is 5.83. The van der Waals surface area contributed by atoms with Crippen molar-refractivity contribution in [2.75, 3.05) is 13.2 Å². The van der Waals surface area contributed by atoms with Gasteiger partial charge in [-0.1, -0.05) is 13.0 Å².